The number of benzene rings is 5. The third-order valence-corrected chi connectivity index (χ3v) is 24.8. The normalized spacial score (nSPS) is 19.1. The summed E-state index contributed by atoms with van der Waals surface area (Å²) in [7, 11) is 0. The SMILES string of the molecule is CC(C)(C)OC(=O)N1CCC(N)CC1.CC(C)(C)OC(=O)N1CCC(NC(=O)COc2ccc(Cl)c(F)c2)CC1.CC1CC(C(=O)NN)C1.O=C(COc1ccc(Cl)c(F)c1)NC1CCN(C(=O)NCC(=O)C2CC(OC(F)(F)F)C2)CC1.O=C(COc1ccc(Cl)c(F)c1)NC1CCN(c2nnc(C3CC(OC(F)(F)F)C3)o2)CC1.O=C(COc1ccc(Cl)c(F)c1)NC1CCNCC1.O=C(O)COc1ccc(Cl)c(F)c1. The predicted molar refractivity (Wildman–Crippen MR) is 520 cm³/mol. The lowest BCUT2D eigenvalue weighted by Gasteiger charge is -2.35. The number of hydrogen-bond donors (Lipinski definition) is 10. The van der Waals surface area contributed by atoms with Crippen molar-refractivity contribution in [3.8, 4) is 28.7 Å². The Hall–Kier alpha value is -11.2. The van der Waals surface area contributed by atoms with Crippen LogP contribution in [0.3, 0.4) is 0 Å². The van der Waals surface area contributed by atoms with Gasteiger partial charge in [-0.2, -0.15) is 0 Å². The minimum Gasteiger partial charge on any atom is -0.484 e. The van der Waals surface area contributed by atoms with Crippen molar-refractivity contribution in [3.05, 3.63) is 151 Å². The van der Waals surface area contributed by atoms with Gasteiger partial charge >= 0.3 is 42.9 Å². The number of ether oxygens (including phenoxy) is 9. The van der Waals surface area contributed by atoms with E-state index in [1.807, 2.05) is 46.4 Å². The molecule has 3 aliphatic carbocycles. The van der Waals surface area contributed by atoms with Crippen molar-refractivity contribution in [3.63, 3.8) is 0 Å². The number of halogens is 16. The molecule has 148 heavy (non-hydrogen) atoms. The third kappa shape index (κ3) is 45.3. The molecule has 9 amide bonds. The van der Waals surface area contributed by atoms with E-state index in [1.165, 1.54) is 71.6 Å². The van der Waals surface area contributed by atoms with E-state index in [2.05, 4.69) is 63.9 Å². The number of piperidine rings is 5. The standard InChI is InChI=1S/C21H24ClF4N3O5.C20H21ClF4N4O4.C18H24ClFN2O4.C13H16ClFN2O2.C10H20N2O2.C8H6ClFO3.C6H12N2O/c22-16-2-1-14(9-17(16)23)33-11-19(31)28-13-3-5-29(6-4-13)20(32)27-10-18(30)12-7-15(8-12)34-21(24,25)26;21-15-2-1-13(9-16(15)22)31-10-17(30)26-12-3-5-29(6-4-12)19-28-27-18(32-19)11-7-14(8-11)33-20(23,24)25;1-18(2,3)26-17(24)22-8-6-12(7-9-22)21-16(23)11-25-13-4-5-14(19)15(20)10-13;14-11-2-1-10(7-12(11)15)19-8-13(18)17-9-3-5-16-6-4-9;1-10(2,3)14-9(13)12-6-4-8(11)5-7-12;9-6-2-1-5(3-7(6)10)13-4-8(11)12;1-4-2-5(3-4)6(9)8-7/h1-2,9,12-13,15H,3-8,10-11H2,(H,27,32)(H,28,31);1-2,9,11-12,14H,3-8,10H2,(H,26,30);4-5,10,12H,6-9,11H2,1-3H3,(H,21,23);1-2,7,9,16H,3-6,8H2,(H,17,18);8H,4-7,11H2,1-3H3;1-3H,4H2,(H,11,12);4-5H,2-3,7H2,1H3,(H,8,9). The quantitative estimate of drug-likeness (QED) is 0.00991. The second-order valence-corrected chi connectivity index (χ2v) is 39.7. The summed E-state index contributed by atoms with van der Waals surface area (Å²) in [5, 5.41) is 33.3. The number of amides is 9. The molecule has 0 spiro atoms. The zero-order chi connectivity index (χ0) is 109. The number of alkyl halides is 6. The van der Waals surface area contributed by atoms with Crippen molar-refractivity contribution < 1.29 is 148 Å². The first kappa shape index (κ1) is 122. The van der Waals surface area contributed by atoms with Crippen LogP contribution in [0.2, 0.25) is 25.1 Å². The molecule has 6 heterocycles. The Morgan fingerprint density at radius 3 is 1.09 bits per heavy atom. The zero-order valence-electron chi connectivity index (χ0n) is 82.1. The van der Waals surface area contributed by atoms with Crippen LogP contribution in [-0.2, 0) is 52.5 Å². The van der Waals surface area contributed by atoms with Crippen LogP contribution in [0.15, 0.2) is 95.4 Å². The number of rotatable bonds is 27. The van der Waals surface area contributed by atoms with Crippen molar-refractivity contribution in [2.24, 2.45) is 29.3 Å². The number of aromatic nitrogens is 2. The average Bonchev–Trinajstić information content (AvgIpc) is 1.73. The van der Waals surface area contributed by atoms with Crippen LogP contribution in [0.4, 0.5) is 68.7 Å². The molecule has 0 unspecified atom stereocenters. The maximum Gasteiger partial charge on any atom is 0.522 e. The summed E-state index contributed by atoms with van der Waals surface area (Å²) >= 11 is 27.7. The van der Waals surface area contributed by atoms with E-state index >= 15 is 0 Å². The van der Waals surface area contributed by atoms with E-state index in [-0.39, 0.29) is 190 Å². The van der Waals surface area contributed by atoms with Gasteiger partial charge < -0.3 is 99.9 Å². The number of hydrogen-bond acceptors (Lipinski definition) is 26. The molecule has 12 N–H and O–H groups in total. The molecule has 52 heteroatoms. The number of nitrogens with one attached hydrogen (secondary N) is 7. The summed E-state index contributed by atoms with van der Waals surface area (Å²) < 4.78 is 189. The van der Waals surface area contributed by atoms with Crippen molar-refractivity contribution in [1.29, 1.82) is 0 Å². The van der Waals surface area contributed by atoms with Crippen molar-refractivity contribution in [2.45, 2.75) is 223 Å². The molecule has 0 radical (unpaired) electrons. The first-order valence-electron chi connectivity index (χ1n) is 47.5. The number of hydrazine groups is 1. The largest absolute Gasteiger partial charge is 0.522 e. The Bertz CT molecular complexity index is 5320. The van der Waals surface area contributed by atoms with Gasteiger partial charge in [-0.15, -0.1) is 31.4 Å². The van der Waals surface area contributed by atoms with E-state index in [0.717, 1.165) is 89.0 Å². The van der Waals surface area contributed by atoms with Crippen LogP contribution in [0.5, 0.6) is 28.7 Å². The topological polar surface area (TPSA) is 462 Å². The van der Waals surface area contributed by atoms with Gasteiger partial charge in [0.05, 0.1) is 43.9 Å². The molecule has 3 saturated carbocycles. The van der Waals surface area contributed by atoms with Crippen LogP contribution < -0.4 is 77.5 Å². The molecule has 5 aliphatic heterocycles. The Morgan fingerprint density at radius 2 is 0.770 bits per heavy atom. The smallest absolute Gasteiger partial charge is 0.484 e. The van der Waals surface area contributed by atoms with Gasteiger partial charge in [-0.05, 0) is 224 Å². The molecule has 14 rings (SSSR count). The molecular formula is C96H123Cl5F11N15O21. The van der Waals surface area contributed by atoms with Gasteiger partial charge in [0.2, 0.25) is 11.8 Å². The van der Waals surface area contributed by atoms with Crippen LogP contribution in [0.1, 0.15) is 163 Å². The number of anilines is 1. The lowest BCUT2D eigenvalue weighted by Crippen LogP contribution is -2.51. The Balaban J connectivity index is 0.000000219. The van der Waals surface area contributed by atoms with Gasteiger partial charge in [0.1, 0.15) is 69.0 Å². The number of carboxylic acid groups (broad SMARTS) is 1. The molecule has 6 aromatic rings. The number of urea groups is 1. The number of nitrogens with two attached hydrogens (primary N) is 2. The van der Waals surface area contributed by atoms with Gasteiger partial charge in [-0.25, -0.2) is 47.0 Å². The fraction of sp³-hybridized carbons (Fsp3) is 0.562. The molecular weight excluding hydrogens is 2090 g/mol. The predicted octanol–water partition coefficient (Wildman–Crippen LogP) is 15.2. The summed E-state index contributed by atoms with van der Waals surface area (Å²) in [6.45, 7) is 17.7. The van der Waals surface area contributed by atoms with E-state index < -0.39 is 95.7 Å². The Kier molecular flexibility index (Phi) is 48.5. The Morgan fingerprint density at radius 1 is 0.446 bits per heavy atom. The Labute approximate surface area is 872 Å². The van der Waals surface area contributed by atoms with E-state index in [1.54, 1.807) is 9.80 Å². The number of carboxylic acids is 1. The van der Waals surface area contributed by atoms with Crippen LogP contribution >= 0.6 is 58.0 Å². The minimum atomic E-state index is -4.72. The monoisotopic (exact) mass is 2210 g/mol. The van der Waals surface area contributed by atoms with Crippen molar-refractivity contribution in [1.82, 2.24) is 62.2 Å². The summed E-state index contributed by atoms with van der Waals surface area (Å²) in [4.78, 5) is 123. The third-order valence-electron chi connectivity index (χ3n) is 23.3. The fourth-order valence-electron chi connectivity index (χ4n) is 15.3. The fourth-order valence-corrected chi connectivity index (χ4v) is 15.9. The molecule has 820 valence electrons. The van der Waals surface area contributed by atoms with Crippen molar-refractivity contribution >= 4 is 124 Å². The van der Waals surface area contributed by atoms with Crippen molar-refractivity contribution in [2.75, 3.05) is 110 Å². The van der Waals surface area contributed by atoms with E-state index in [4.69, 9.17) is 112 Å². The molecule has 0 atom stereocenters. The maximum absolute atomic E-state index is 13.4. The van der Waals surface area contributed by atoms with E-state index in [0.29, 0.717) is 101 Å². The van der Waals surface area contributed by atoms with Crippen LogP contribution in [-0.4, -0.2) is 261 Å². The molecule has 8 aliphatic rings. The second-order valence-electron chi connectivity index (χ2n) is 37.6. The number of carbonyl (C=O) groups is 10. The summed E-state index contributed by atoms with van der Waals surface area (Å²) in [6.07, 6.45) is -2.39. The van der Waals surface area contributed by atoms with Gasteiger partial charge in [0.25, 0.3) is 23.6 Å². The highest BCUT2D eigenvalue weighted by Crippen LogP contribution is 2.42. The van der Waals surface area contributed by atoms with Gasteiger partial charge in [0.15, 0.2) is 38.8 Å². The highest BCUT2D eigenvalue weighted by Gasteiger charge is 2.45. The molecule has 36 nitrogen and oxygen atoms in total. The molecule has 5 aromatic carbocycles. The zero-order valence-corrected chi connectivity index (χ0v) is 85.9. The first-order valence-corrected chi connectivity index (χ1v) is 49.4. The molecule has 1 aromatic heterocycles. The lowest BCUT2D eigenvalue weighted by molar-refractivity contribution is -0.353. The summed E-state index contributed by atoms with van der Waals surface area (Å²) in [5.41, 5.74) is 6.96. The molecule has 8 fully saturated rings. The molecule has 5 saturated heterocycles. The van der Waals surface area contributed by atoms with Gasteiger partial charge in [0, 0.05) is 131 Å². The highest BCUT2D eigenvalue weighted by molar-refractivity contribution is 6.32. The number of carbonyl (C=O) groups excluding carboxylic acids is 9. The number of Topliss-reactive ketones (excluding diaryl/α,β-unsaturated/α-hetero) is 1. The van der Waals surface area contributed by atoms with Gasteiger partial charge in [-0.3, -0.25) is 43.7 Å². The summed E-state index contributed by atoms with van der Waals surface area (Å²) in [6, 6.07) is 19.6. The number of aliphatic carboxylic acids is 1. The van der Waals surface area contributed by atoms with E-state index in [9.17, 15) is 96.2 Å². The minimum absolute atomic E-state index is 0.00134. The highest BCUT2D eigenvalue weighted by atomic mass is 35.5. The van der Waals surface area contributed by atoms with Crippen LogP contribution in [0.25, 0.3) is 0 Å². The number of nitrogens with zero attached hydrogens (tertiary/aromatic N) is 6. The average molecular weight is 2210 g/mol. The maximum atomic E-state index is 13.4. The van der Waals surface area contributed by atoms with Crippen LogP contribution in [0, 0.1) is 46.8 Å². The first-order chi connectivity index (χ1) is 69.7. The summed E-state index contributed by atoms with van der Waals surface area (Å²) in [5.74, 6) is 0.659. The second kappa shape index (κ2) is 58.8. The lowest BCUT2D eigenvalue weighted by atomic mass is 9.76. The number of ketones is 1. The molecule has 0 bridgehead atoms. The number of likely N-dealkylation sites (tertiary alicyclic amines) is 3. The van der Waals surface area contributed by atoms with Gasteiger partial charge in [-0.1, -0.05) is 70.0 Å².